The van der Waals surface area contributed by atoms with E-state index in [0.717, 1.165) is 4.47 Å². The van der Waals surface area contributed by atoms with Crippen molar-refractivity contribution in [2.75, 3.05) is 31.0 Å². The fraction of sp³-hybridized carbons (Fsp3) is 0.111. The van der Waals surface area contributed by atoms with Gasteiger partial charge in [-0.25, -0.2) is 5.43 Å². The van der Waals surface area contributed by atoms with E-state index in [0.29, 0.717) is 40.8 Å². The van der Waals surface area contributed by atoms with Crippen LogP contribution in [0.15, 0.2) is 89.0 Å². The van der Waals surface area contributed by atoms with E-state index in [1.54, 1.807) is 60.7 Å². The molecule has 3 aromatic carbocycles. The van der Waals surface area contributed by atoms with Gasteiger partial charge in [0.2, 0.25) is 0 Å². The molecule has 0 atom stereocenters. The minimum atomic E-state index is -0.947. The SMILES string of the molecule is C=CCOc1ccc(NC(=O)C(=O)N/N=C\c2ccc(OCC(=O)Nc3ccc(Br)cc3)c(OC)c2)cc1. The van der Waals surface area contributed by atoms with Gasteiger partial charge in [-0.3, -0.25) is 14.4 Å². The smallest absolute Gasteiger partial charge is 0.329 e. The molecular formula is C27H25BrN4O6. The second-order valence-corrected chi connectivity index (χ2v) is 8.45. The van der Waals surface area contributed by atoms with Crippen LogP contribution in [-0.2, 0) is 14.4 Å². The third-order valence-electron chi connectivity index (χ3n) is 4.74. The molecule has 0 radical (unpaired) electrons. The standard InChI is InChI=1S/C27H25BrN4O6/c1-3-14-37-22-11-9-21(10-12-22)31-26(34)27(35)32-29-16-18-4-13-23(24(15-18)36-2)38-17-25(33)30-20-7-5-19(28)6-8-20/h3-13,15-16H,1,14,17H2,2H3,(H,30,33)(H,31,34)(H,32,35)/b29-16-. The van der Waals surface area contributed by atoms with Crippen LogP contribution in [0.5, 0.6) is 17.2 Å². The molecule has 3 rings (SSSR count). The fourth-order valence-electron chi connectivity index (χ4n) is 2.95. The van der Waals surface area contributed by atoms with Crippen molar-refractivity contribution in [1.82, 2.24) is 5.43 Å². The van der Waals surface area contributed by atoms with Crippen molar-refractivity contribution in [3.05, 3.63) is 89.4 Å². The van der Waals surface area contributed by atoms with Gasteiger partial charge in [0.1, 0.15) is 12.4 Å². The van der Waals surface area contributed by atoms with E-state index >= 15 is 0 Å². The number of rotatable bonds is 11. The van der Waals surface area contributed by atoms with Gasteiger partial charge in [0.25, 0.3) is 5.91 Å². The normalized spacial score (nSPS) is 10.4. The Kier molecular flexibility index (Phi) is 10.4. The molecule has 10 nitrogen and oxygen atoms in total. The number of anilines is 2. The lowest BCUT2D eigenvalue weighted by Gasteiger charge is -2.11. The maximum absolute atomic E-state index is 12.2. The van der Waals surface area contributed by atoms with Crippen molar-refractivity contribution in [2.45, 2.75) is 0 Å². The number of hydrogen-bond acceptors (Lipinski definition) is 7. The zero-order chi connectivity index (χ0) is 27.3. The van der Waals surface area contributed by atoms with Crippen molar-refractivity contribution in [2.24, 2.45) is 5.10 Å². The highest BCUT2D eigenvalue weighted by Crippen LogP contribution is 2.27. The summed E-state index contributed by atoms with van der Waals surface area (Å²) in [6.45, 7) is 3.70. The molecule has 0 fully saturated rings. The Morgan fingerprint density at radius 2 is 1.58 bits per heavy atom. The van der Waals surface area contributed by atoms with Crippen LogP contribution in [0.25, 0.3) is 0 Å². The molecule has 3 aromatic rings. The molecule has 0 saturated carbocycles. The van der Waals surface area contributed by atoms with Crippen molar-refractivity contribution >= 4 is 51.2 Å². The Morgan fingerprint density at radius 1 is 0.895 bits per heavy atom. The topological polar surface area (TPSA) is 127 Å². The van der Waals surface area contributed by atoms with Crippen LogP contribution >= 0.6 is 15.9 Å². The van der Waals surface area contributed by atoms with Gasteiger partial charge in [0.15, 0.2) is 18.1 Å². The van der Waals surface area contributed by atoms with E-state index in [9.17, 15) is 14.4 Å². The maximum atomic E-state index is 12.2. The summed E-state index contributed by atoms with van der Waals surface area (Å²) >= 11 is 3.34. The molecule has 0 heterocycles. The van der Waals surface area contributed by atoms with Gasteiger partial charge in [-0.2, -0.15) is 5.10 Å². The summed E-state index contributed by atoms with van der Waals surface area (Å²) in [5.41, 5.74) is 3.79. The Labute approximate surface area is 227 Å². The first-order chi connectivity index (χ1) is 18.4. The summed E-state index contributed by atoms with van der Waals surface area (Å²) < 4.78 is 17.2. The average molecular weight is 581 g/mol. The minimum absolute atomic E-state index is 0.227. The third kappa shape index (κ3) is 8.79. The highest BCUT2D eigenvalue weighted by molar-refractivity contribution is 9.10. The predicted molar refractivity (Wildman–Crippen MR) is 148 cm³/mol. The summed E-state index contributed by atoms with van der Waals surface area (Å²) in [6.07, 6.45) is 2.95. The molecule has 0 aliphatic rings. The molecule has 0 spiro atoms. The van der Waals surface area contributed by atoms with Gasteiger partial charge in [-0.05, 0) is 72.3 Å². The lowest BCUT2D eigenvalue weighted by molar-refractivity contribution is -0.136. The Hall–Kier alpha value is -4.64. The molecule has 38 heavy (non-hydrogen) atoms. The number of carbonyl (C=O) groups excluding carboxylic acids is 3. The summed E-state index contributed by atoms with van der Waals surface area (Å²) in [5.74, 6) is -0.859. The van der Waals surface area contributed by atoms with E-state index in [-0.39, 0.29) is 12.5 Å². The molecule has 3 amide bonds. The number of ether oxygens (including phenoxy) is 3. The molecule has 11 heteroatoms. The number of halogens is 1. The van der Waals surface area contributed by atoms with E-state index in [4.69, 9.17) is 14.2 Å². The number of nitrogens with one attached hydrogen (secondary N) is 3. The lowest BCUT2D eigenvalue weighted by Crippen LogP contribution is -2.32. The van der Waals surface area contributed by atoms with Crippen LogP contribution in [0.1, 0.15) is 5.56 Å². The molecule has 196 valence electrons. The summed E-state index contributed by atoms with van der Waals surface area (Å²) in [5, 5.41) is 9.01. The van der Waals surface area contributed by atoms with Crippen LogP contribution in [0.3, 0.4) is 0 Å². The highest BCUT2D eigenvalue weighted by atomic mass is 79.9. The van der Waals surface area contributed by atoms with Crippen LogP contribution in [0, 0.1) is 0 Å². The van der Waals surface area contributed by atoms with E-state index in [2.05, 4.69) is 43.7 Å². The zero-order valence-electron chi connectivity index (χ0n) is 20.4. The van der Waals surface area contributed by atoms with Crippen LogP contribution in [0.2, 0.25) is 0 Å². The summed E-state index contributed by atoms with van der Waals surface area (Å²) in [4.78, 5) is 36.3. The lowest BCUT2D eigenvalue weighted by atomic mass is 10.2. The average Bonchev–Trinajstić information content (AvgIpc) is 2.93. The van der Waals surface area contributed by atoms with Crippen molar-refractivity contribution < 1.29 is 28.6 Å². The van der Waals surface area contributed by atoms with Crippen molar-refractivity contribution in [3.63, 3.8) is 0 Å². The minimum Gasteiger partial charge on any atom is -0.493 e. The third-order valence-corrected chi connectivity index (χ3v) is 5.27. The quantitative estimate of drug-likeness (QED) is 0.135. The fourth-order valence-corrected chi connectivity index (χ4v) is 3.22. The van der Waals surface area contributed by atoms with Crippen LogP contribution < -0.4 is 30.3 Å². The molecule has 0 saturated heterocycles. The zero-order valence-corrected chi connectivity index (χ0v) is 22.0. The molecule has 0 aliphatic carbocycles. The monoisotopic (exact) mass is 580 g/mol. The van der Waals surface area contributed by atoms with Crippen LogP contribution in [0.4, 0.5) is 11.4 Å². The number of hydrazone groups is 1. The Morgan fingerprint density at radius 3 is 2.26 bits per heavy atom. The van der Waals surface area contributed by atoms with E-state index in [1.807, 2.05) is 12.1 Å². The van der Waals surface area contributed by atoms with Crippen molar-refractivity contribution in [3.8, 4) is 17.2 Å². The first-order valence-electron chi connectivity index (χ1n) is 11.2. The highest BCUT2D eigenvalue weighted by Gasteiger charge is 2.13. The number of methoxy groups -OCH3 is 1. The van der Waals surface area contributed by atoms with Gasteiger partial charge in [-0.15, -0.1) is 0 Å². The van der Waals surface area contributed by atoms with Gasteiger partial charge in [0, 0.05) is 15.8 Å². The van der Waals surface area contributed by atoms with Crippen LogP contribution in [-0.4, -0.2) is 44.3 Å². The number of hydrogen-bond donors (Lipinski definition) is 3. The van der Waals surface area contributed by atoms with E-state index < -0.39 is 11.8 Å². The van der Waals surface area contributed by atoms with Gasteiger partial charge in [-0.1, -0.05) is 28.6 Å². The molecular weight excluding hydrogens is 556 g/mol. The first kappa shape index (κ1) is 27.9. The number of nitrogens with zero attached hydrogens (tertiary/aromatic N) is 1. The Balaban J connectivity index is 1.49. The van der Waals surface area contributed by atoms with Gasteiger partial charge in [0.05, 0.1) is 13.3 Å². The van der Waals surface area contributed by atoms with Gasteiger partial charge < -0.3 is 24.8 Å². The maximum Gasteiger partial charge on any atom is 0.329 e. The van der Waals surface area contributed by atoms with Crippen molar-refractivity contribution in [1.29, 1.82) is 0 Å². The summed E-state index contributed by atoms with van der Waals surface area (Å²) in [7, 11) is 1.45. The number of amides is 3. The Bertz CT molecular complexity index is 1310. The van der Waals surface area contributed by atoms with Gasteiger partial charge >= 0.3 is 11.8 Å². The predicted octanol–water partition coefficient (Wildman–Crippen LogP) is 4.13. The molecule has 0 aromatic heterocycles. The second kappa shape index (κ2) is 14.2. The molecule has 0 bridgehead atoms. The number of carbonyl (C=O) groups is 3. The molecule has 0 unspecified atom stereocenters. The second-order valence-electron chi connectivity index (χ2n) is 7.53. The molecule has 0 aliphatic heterocycles. The van der Waals surface area contributed by atoms with E-state index in [1.165, 1.54) is 13.3 Å². The molecule has 3 N–H and O–H groups in total. The number of benzene rings is 3. The summed E-state index contributed by atoms with van der Waals surface area (Å²) in [6, 6.07) is 18.5. The largest absolute Gasteiger partial charge is 0.493 e. The first-order valence-corrected chi connectivity index (χ1v) is 12.0.